The molecule has 0 radical (unpaired) electrons. The first-order valence-electron chi connectivity index (χ1n) is 6.58. The van der Waals surface area contributed by atoms with Gasteiger partial charge in [-0.05, 0) is 39.7 Å². The van der Waals surface area contributed by atoms with E-state index in [2.05, 4.69) is 26.1 Å². The van der Waals surface area contributed by atoms with Gasteiger partial charge < -0.3 is 14.8 Å². The zero-order valence-electron chi connectivity index (χ0n) is 11.1. The standard InChI is InChI=1S/C13H27NO2/c1-4-7-14-10-13(5-8-15-11-13)6-9-16-12(2)3/h12,14H,4-11H2,1-3H3. The predicted octanol–water partition coefficient (Wildman–Crippen LogP) is 2.21. The van der Waals surface area contributed by atoms with Crippen LogP contribution in [0.3, 0.4) is 0 Å². The average molecular weight is 229 g/mol. The molecule has 1 rings (SSSR count). The first kappa shape index (κ1) is 13.9. The molecule has 1 N–H and O–H groups in total. The SMILES string of the molecule is CCCNCC1(CCOC(C)C)CCOC1. The Bertz CT molecular complexity index is 177. The fourth-order valence-corrected chi connectivity index (χ4v) is 2.12. The Balaban J connectivity index is 2.27. The Morgan fingerprint density at radius 3 is 2.81 bits per heavy atom. The number of ether oxygens (including phenoxy) is 2. The molecule has 0 aromatic rings. The van der Waals surface area contributed by atoms with Gasteiger partial charge in [-0.25, -0.2) is 0 Å². The summed E-state index contributed by atoms with van der Waals surface area (Å²) in [6.45, 7) is 11.2. The lowest BCUT2D eigenvalue weighted by Crippen LogP contribution is -2.36. The van der Waals surface area contributed by atoms with Gasteiger partial charge in [-0.2, -0.15) is 0 Å². The minimum absolute atomic E-state index is 0.323. The minimum Gasteiger partial charge on any atom is -0.381 e. The first-order valence-corrected chi connectivity index (χ1v) is 6.58. The summed E-state index contributed by atoms with van der Waals surface area (Å²) in [5, 5.41) is 3.52. The summed E-state index contributed by atoms with van der Waals surface area (Å²) >= 11 is 0. The van der Waals surface area contributed by atoms with Crippen molar-refractivity contribution in [2.75, 3.05) is 32.9 Å². The van der Waals surface area contributed by atoms with E-state index in [9.17, 15) is 0 Å². The van der Waals surface area contributed by atoms with E-state index in [1.54, 1.807) is 0 Å². The van der Waals surface area contributed by atoms with Gasteiger partial charge in [0.05, 0.1) is 12.7 Å². The summed E-state index contributed by atoms with van der Waals surface area (Å²) in [5.41, 5.74) is 0.323. The molecule has 16 heavy (non-hydrogen) atoms. The van der Waals surface area contributed by atoms with E-state index >= 15 is 0 Å². The Morgan fingerprint density at radius 1 is 1.44 bits per heavy atom. The van der Waals surface area contributed by atoms with Crippen LogP contribution in [0.4, 0.5) is 0 Å². The number of rotatable bonds is 8. The van der Waals surface area contributed by atoms with Gasteiger partial charge in [0.1, 0.15) is 0 Å². The summed E-state index contributed by atoms with van der Waals surface area (Å²) < 4.78 is 11.2. The smallest absolute Gasteiger partial charge is 0.0536 e. The van der Waals surface area contributed by atoms with Crippen LogP contribution in [0, 0.1) is 5.41 Å². The van der Waals surface area contributed by atoms with Crippen molar-refractivity contribution in [3.05, 3.63) is 0 Å². The van der Waals surface area contributed by atoms with E-state index in [1.807, 2.05) is 0 Å². The predicted molar refractivity (Wildman–Crippen MR) is 66.7 cm³/mol. The van der Waals surface area contributed by atoms with Gasteiger partial charge in [0.2, 0.25) is 0 Å². The molecule has 1 atom stereocenters. The molecule has 0 aromatic heterocycles. The van der Waals surface area contributed by atoms with Crippen LogP contribution in [0.25, 0.3) is 0 Å². The molecule has 96 valence electrons. The molecule has 1 heterocycles. The fourth-order valence-electron chi connectivity index (χ4n) is 2.12. The molecule has 0 amide bonds. The van der Waals surface area contributed by atoms with Crippen LogP contribution >= 0.6 is 0 Å². The van der Waals surface area contributed by atoms with Crippen LogP contribution in [0.2, 0.25) is 0 Å². The lowest BCUT2D eigenvalue weighted by atomic mass is 9.84. The second kappa shape index (κ2) is 7.25. The van der Waals surface area contributed by atoms with Gasteiger partial charge in [0.15, 0.2) is 0 Å². The van der Waals surface area contributed by atoms with E-state index in [4.69, 9.17) is 9.47 Å². The van der Waals surface area contributed by atoms with Crippen molar-refractivity contribution in [1.29, 1.82) is 0 Å². The fraction of sp³-hybridized carbons (Fsp3) is 1.00. The average Bonchev–Trinajstić information content (AvgIpc) is 2.67. The third-order valence-electron chi connectivity index (χ3n) is 3.20. The highest BCUT2D eigenvalue weighted by Crippen LogP contribution is 2.31. The van der Waals surface area contributed by atoms with Gasteiger partial charge in [0.25, 0.3) is 0 Å². The zero-order valence-corrected chi connectivity index (χ0v) is 11.1. The second-order valence-electron chi connectivity index (χ2n) is 5.15. The minimum atomic E-state index is 0.323. The second-order valence-corrected chi connectivity index (χ2v) is 5.15. The van der Waals surface area contributed by atoms with Crippen LogP contribution in [-0.2, 0) is 9.47 Å². The van der Waals surface area contributed by atoms with Crippen molar-refractivity contribution in [3.63, 3.8) is 0 Å². The normalized spacial score (nSPS) is 25.5. The molecule has 1 aliphatic rings. The summed E-state index contributed by atoms with van der Waals surface area (Å²) in [6, 6.07) is 0. The molecule has 0 saturated carbocycles. The van der Waals surface area contributed by atoms with Crippen LogP contribution < -0.4 is 5.32 Å². The van der Waals surface area contributed by atoms with E-state index in [0.29, 0.717) is 11.5 Å². The highest BCUT2D eigenvalue weighted by atomic mass is 16.5. The van der Waals surface area contributed by atoms with E-state index in [0.717, 1.165) is 39.3 Å². The van der Waals surface area contributed by atoms with Crippen LogP contribution in [0.1, 0.15) is 40.0 Å². The lowest BCUT2D eigenvalue weighted by Gasteiger charge is -2.28. The molecule has 1 fully saturated rings. The molecule has 0 bridgehead atoms. The van der Waals surface area contributed by atoms with Crippen molar-refractivity contribution >= 4 is 0 Å². The number of hydrogen-bond acceptors (Lipinski definition) is 3. The Morgan fingerprint density at radius 2 is 2.25 bits per heavy atom. The van der Waals surface area contributed by atoms with Crippen molar-refractivity contribution in [1.82, 2.24) is 5.32 Å². The molecular formula is C13H27NO2. The van der Waals surface area contributed by atoms with Crippen LogP contribution in [0.5, 0.6) is 0 Å². The molecule has 1 unspecified atom stereocenters. The molecule has 1 aliphatic heterocycles. The van der Waals surface area contributed by atoms with E-state index in [1.165, 1.54) is 12.8 Å². The van der Waals surface area contributed by atoms with E-state index < -0.39 is 0 Å². The van der Waals surface area contributed by atoms with Gasteiger partial charge in [-0.1, -0.05) is 6.92 Å². The Hall–Kier alpha value is -0.120. The van der Waals surface area contributed by atoms with Gasteiger partial charge in [-0.15, -0.1) is 0 Å². The molecule has 1 saturated heterocycles. The van der Waals surface area contributed by atoms with Gasteiger partial charge >= 0.3 is 0 Å². The molecule has 3 nitrogen and oxygen atoms in total. The highest BCUT2D eigenvalue weighted by Gasteiger charge is 2.34. The summed E-state index contributed by atoms with van der Waals surface area (Å²) in [5.74, 6) is 0. The van der Waals surface area contributed by atoms with Crippen molar-refractivity contribution in [2.45, 2.75) is 46.1 Å². The largest absolute Gasteiger partial charge is 0.381 e. The lowest BCUT2D eigenvalue weighted by molar-refractivity contribution is 0.0454. The summed E-state index contributed by atoms with van der Waals surface area (Å²) in [7, 11) is 0. The van der Waals surface area contributed by atoms with Gasteiger partial charge in [-0.3, -0.25) is 0 Å². The molecule has 0 aliphatic carbocycles. The topological polar surface area (TPSA) is 30.5 Å². The highest BCUT2D eigenvalue weighted by molar-refractivity contribution is 4.85. The Labute approximate surface area is 99.9 Å². The summed E-state index contributed by atoms with van der Waals surface area (Å²) in [4.78, 5) is 0. The van der Waals surface area contributed by atoms with Crippen molar-refractivity contribution in [2.24, 2.45) is 5.41 Å². The van der Waals surface area contributed by atoms with Gasteiger partial charge in [0, 0.05) is 25.2 Å². The molecule has 0 aromatic carbocycles. The Kier molecular flexibility index (Phi) is 6.32. The quantitative estimate of drug-likeness (QED) is 0.647. The third-order valence-corrected chi connectivity index (χ3v) is 3.20. The monoisotopic (exact) mass is 229 g/mol. The first-order chi connectivity index (χ1) is 7.68. The van der Waals surface area contributed by atoms with Crippen LogP contribution in [-0.4, -0.2) is 39.0 Å². The maximum atomic E-state index is 5.65. The van der Waals surface area contributed by atoms with Crippen LogP contribution in [0.15, 0.2) is 0 Å². The maximum absolute atomic E-state index is 5.65. The maximum Gasteiger partial charge on any atom is 0.0536 e. The molecule has 0 spiro atoms. The zero-order chi connectivity index (χ0) is 11.9. The molecule has 3 heteroatoms. The van der Waals surface area contributed by atoms with Crippen molar-refractivity contribution < 1.29 is 9.47 Å². The van der Waals surface area contributed by atoms with Crippen molar-refractivity contribution in [3.8, 4) is 0 Å². The third kappa shape index (κ3) is 4.81. The number of nitrogens with one attached hydrogen (secondary N) is 1. The number of hydrogen-bond donors (Lipinski definition) is 1. The molecular weight excluding hydrogens is 202 g/mol. The summed E-state index contributed by atoms with van der Waals surface area (Å²) in [6.07, 6.45) is 3.81. The van der Waals surface area contributed by atoms with E-state index in [-0.39, 0.29) is 0 Å².